The van der Waals surface area contributed by atoms with E-state index in [-0.39, 0.29) is 35.8 Å². The van der Waals surface area contributed by atoms with E-state index in [1.807, 2.05) is 40.0 Å². The van der Waals surface area contributed by atoms with Gasteiger partial charge in [0.15, 0.2) is 17.6 Å². The summed E-state index contributed by atoms with van der Waals surface area (Å²) in [6, 6.07) is 13.2. The monoisotopic (exact) mass is 521 g/mol. The lowest BCUT2D eigenvalue weighted by Gasteiger charge is -2.20. The van der Waals surface area contributed by atoms with E-state index < -0.39 is 0 Å². The van der Waals surface area contributed by atoms with Gasteiger partial charge in [0.25, 0.3) is 0 Å². The lowest BCUT2D eigenvalue weighted by atomic mass is 10.2. The molecule has 4 rings (SSSR count). The summed E-state index contributed by atoms with van der Waals surface area (Å²) in [4.78, 5) is 10.5. The average molecular weight is 521 g/mol. The van der Waals surface area contributed by atoms with Crippen LogP contribution in [-0.4, -0.2) is 46.9 Å². The average Bonchev–Trinajstić information content (AvgIpc) is 3.44. The fourth-order valence-electron chi connectivity index (χ4n) is 3.54. The Hall–Kier alpha value is -2.69. The number of pyridine rings is 1. The third-order valence-electron chi connectivity index (χ3n) is 4.98. The number of anilines is 1. The highest BCUT2D eigenvalue weighted by Gasteiger charge is 2.25. The first-order valence-corrected chi connectivity index (χ1v) is 9.65. The largest absolute Gasteiger partial charge is 0.352 e. The highest BCUT2D eigenvalue weighted by Crippen LogP contribution is 2.20. The van der Waals surface area contributed by atoms with Crippen molar-refractivity contribution in [3.05, 3.63) is 72.4 Å². The number of aliphatic imine (C=N–C) groups is 1. The van der Waals surface area contributed by atoms with E-state index in [1.165, 1.54) is 6.07 Å². The van der Waals surface area contributed by atoms with Crippen LogP contribution in [0.4, 0.5) is 10.2 Å². The molecular weight excluding hydrogens is 496 g/mol. The summed E-state index contributed by atoms with van der Waals surface area (Å²) < 4.78 is 15.8. The molecule has 1 aliphatic heterocycles. The van der Waals surface area contributed by atoms with Crippen molar-refractivity contribution in [2.45, 2.75) is 19.0 Å². The van der Waals surface area contributed by atoms with E-state index in [2.05, 4.69) is 31.8 Å². The minimum absolute atomic E-state index is 0. The summed E-state index contributed by atoms with van der Waals surface area (Å²) in [5, 5.41) is 11.1. The number of rotatable bonds is 5. The van der Waals surface area contributed by atoms with Crippen LogP contribution in [-0.2, 0) is 6.54 Å². The Balaban J connectivity index is 0.00000256. The molecule has 158 valence electrons. The first-order chi connectivity index (χ1) is 14.2. The first kappa shape index (κ1) is 22.0. The molecule has 2 N–H and O–H groups in total. The molecule has 0 aliphatic carbocycles. The Morgan fingerprint density at radius 3 is 2.83 bits per heavy atom. The van der Waals surface area contributed by atoms with Crippen LogP contribution < -0.4 is 15.5 Å². The van der Waals surface area contributed by atoms with E-state index >= 15 is 0 Å². The molecule has 1 aliphatic rings. The predicted octanol–water partition coefficient (Wildman–Crippen LogP) is 2.97. The van der Waals surface area contributed by atoms with E-state index in [0.717, 1.165) is 24.2 Å². The standard InChI is InChI=1S/C21H24FN7.HI/c1-23-21(25-14-16-6-2-3-8-19(16)29-12-5-11-26-29)27-17-9-13-28(15-17)20-18(22)7-4-10-24-20;/h2-8,10-12,17H,9,13-15H2,1H3,(H2,23,25,27);1H. The lowest BCUT2D eigenvalue weighted by Crippen LogP contribution is -2.44. The number of hydrogen-bond donors (Lipinski definition) is 2. The maximum atomic E-state index is 14.0. The van der Waals surface area contributed by atoms with Crippen molar-refractivity contribution in [3.8, 4) is 5.69 Å². The Morgan fingerprint density at radius 2 is 2.07 bits per heavy atom. The third-order valence-corrected chi connectivity index (χ3v) is 4.98. The van der Waals surface area contributed by atoms with Crippen LogP contribution in [0.3, 0.4) is 0 Å². The van der Waals surface area contributed by atoms with Crippen LogP contribution in [0.1, 0.15) is 12.0 Å². The maximum absolute atomic E-state index is 14.0. The molecule has 7 nitrogen and oxygen atoms in total. The van der Waals surface area contributed by atoms with Gasteiger partial charge in [-0.2, -0.15) is 5.10 Å². The predicted molar refractivity (Wildman–Crippen MR) is 127 cm³/mol. The number of para-hydroxylation sites is 1. The molecule has 0 amide bonds. The Kier molecular flexibility index (Phi) is 7.61. The van der Waals surface area contributed by atoms with Gasteiger partial charge in [-0.3, -0.25) is 4.99 Å². The van der Waals surface area contributed by atoms with Gasteiger partial charge in [-0.25, -0.2) is 14.1 Å². The van der Waals surface area contributed by atoms with Crippen molar-refractivity contribution in [2.24, 2.45) is 4.99 Å². The molecule has 1 unspecified atom stereocenters. The Morgan fingerprint density at radius 1 is 1.20 bits per heavy atom. The maximum Gasteiger partial charge on any atom is 0.191 e. The minimum atomic E-state index is -0.286. The molecule has 2 aromatic heterocycles. The number of halogens is 2. The topological polar surface area (TPSA) is 70.4 Å². The van der Waals surface area contributed by atoms with E-state index in [1.54, 1.807) is 25.5 Å². The number of nitrogens with one attached hydrogen (secondary N) is 2. The number of aromatic nitrogens is 3. The number of nitrogens with zero attached hydrogens (tertiary/aromatic N) is 5. The molecule has 0 saturated carbocycles. The Bertz CT molecular complexity index is 977. The fourth-order valence-corrected chi connectivity index (χ4v) is 3.54. The summed E-state index contributed by atoms with van der Waals surface area (Å²) in [5.41, 5.74) is 2.14. The van der Waals surface area contributed by atoms with Gasteiger partial charge < -0.3 is 15.5 Å². The quantitative estimate of drug-likeness (QED) is 0.307. The number of benzene rings is 1. The van der Waals surface area contributed by atoms with Crippen molar-refractivity contribution in [1.29, 1.82) is 0 Å². The fraction of sp³-hybridized carbons (Fsp3) is 0.286. The Labute approximate surface area is 192 Å². The normalized spacial score (nSPS) is 16.3. The van der Waals surface area contributed by atoms with Crippen molar-refractivity contribution >= 4 is 35.8 Å². The number of guanidine groups is 1. The molecule has 0 bridgehead atoms. The second-order valence-corrected chi connectivity index (χ2v) is 6.89. The van der Waals surface area contributed by atoms with Gasteiger partial charge in [-0.15, -0.1) is 24.0 Å². The lowest BCUT2D eigenvalue weighted by molar-refractivity contribution is 0.612. The van der Waals surface area contributed by atoms with Crippen LogP contribution >= 0.6 is 24.0 Å². The molecule has 1 aromatic carbocycles. The van der Waals surface area contributed by atoms with Crippen LogP contribution in [0.5, 0.6) is 0 Å². The van der Waals surface area contributed by atoms with Crippen molar-refractivity contribution in [3.63, 3.8) is 0 Å². The van der Waals surface area contributed by atoms with Gasteiger partial charge in [-0.05, 0) is 36.2 Å². The molecule has 1 saturated heterocycles. The molecular formula is C21H25FIN7. The molecule has 3 heterocycles. The van der Waals surface area contributed by atoms with Crippen LogP contribution in [0.15, 0.2) is 66.0 Å². The van der Waals surface area contributed by atoms with Gasteiger partial charge in [0.05, 0.1) is 5.69 Å². The highest BCUT2D eigenvalue weighted by molar-refractivity contribution is 14.0. The molecule has 3 aromatic rings. The van der Waals surface area contributed by atoms with Crippen LogP contribution in [0.2, 0.25) is 0 Å². The van der Waals surface area contributed by atoms with E-state index in [4.69, 9.17) is 0 Å². The molecule has 1 fully saturated rings. The second kappa shape index (κ2) is 10.4. The highest BCUT2D eigenvalue weighted by atomic mass is 127. The minimum Gasteiger partial charge on any atom is -0.352 e. The van der Waals surface area contributed by atoms with Gasteiger partial charge in [0.2, 0.25) is 0 Å². The van der Waals surface area contributed by atoms with Crippen LogP contribution in [0.25, 0.3) is 5.69 Å². The summed E-state index contributed by atoms with van der Waals surface area (Å²) in [6.45, 7) is 2.05. The molecule has 0 radical (unpaired) electrons. The summed E-state index contributed by atoms with van der Waals surface area (Å²) in [5.74, 6) is 0.840. The van der Waals surface area contributed by atoms with E-state index in [0.29, 0.717) is 24.9 Å². The summed E-state index contributed by atoms with van der Waals surface area (Å²) >= 11 is 0. The molecule has 30 heavy (non-hydrogen) atoms. The summed E-state index contributed by atoms with van der Waals surface area (Å²) in [6.07, 6.45) is 6.20. The smallest absolute Gasteiger partial charge is 0.191 e. The SMILES string of the molecule is CN=C(NCc1ccccc1-n1cccn1)NC1CCN(c2ncccc2F)C1.I. The van der Waals surface area contributed by atoms with Gasteiger partial charge in [0, 0.05) is 51.3 Å². The van der Waals surface area contributed by atoms with Crippen molar-refractivity contribution in [1.82, 2.24) is 25.4 Å². The third kappa shape index (κ3) is 5.07. The molecule has 9 heteroatoms. The summed E-state index contributed by atoms with van der Waals surface area (Å²) in [7, 11) is 1.75. The zero-order chi connectivity index (χ0) is 20.1. The number of hydrogen-bond acceptors (Lipinski definition) is 4. The van der Waals surface area contributed by atoms with Gasteiger partial charge in [-0.1, -0.05) is 18.2 Å². The first-order valence-electron chi connectivity index (χ1n) is 9.65. The zero-order valence-corrected chi connectivity index (χ0v) is 19.0. The molecule has 0 spiro atoms. The second-order valence-electron chi connectivity index (χ2n) is 6.89. The van der Waals surface area contributed by atoms with E-state index in [9.17, 15) is 4.39 Å². The van der Waals surface area contributed by atoms with Crippen molar-refractivity contribution < 1.29 is 4.39 Å². The van der Waals surface area contributed by atoms with Gasteiger partial charge in [0.1, 0.15) is 0 Å². The van der Waals surface area contributed by atoms with Gasteiger partial charge >= 0.3 is 0 Å². The zero-order valence-electron chi connectivity index (χ0n) is 16.7. The molecule has 1 atom stereocenters. The van der Waals surface area contributed by atoms with Crippen molar-refractivity contribution in [2.75, 3.05) is 25.0 Å². The van der Waals surface area contributed by atoms with Crippen LogP contribution in [0, 0.1) is 5.82 Å².